The average Bonchev–Trinajstić information content (AvgIpc) is 2.99. The van der Waals surface area contributed by atoms with Gasteiger partial charge in [-0.05, 0) is 32.2 Å². The van der Waals surface area contributed by atoms with E-state index in [-0.39, 0.29) is 36.8 Å². The summed E-state index contributed by atoms with van der Waals surface area (Å²) in [4.78, 5) is 16.0. The van der Waals surface area contributed by atoms with Crippen LogP contribution in [0.25, 0.3) is 0 Å². The first-order valence-corrected chi connectivity index (χ1v) is 6.65. The van der Waals surface area contributed by atoms with Crippen molar-refractivity contribution in [3.8, 4) is 0 Å². The molecule has 1 aromatic rings. The highest BCUT2D eigenvalue weighted by molar-refractivity contribution is 5.85. The van der Waals surface area contributed by atoms with Crippen molar-refractivity contribution >= 4 is 30.7 Å². The van der Waals surface area contributed by atoms with Gasteiger partial charge in [0.05, 0.1) is 6.04 Å². The number of imidazole rings is 1. The Hall–Kier alpha value is -0.780. The van der Waals surface area contributed by atoms with Crippen LogP contribution in [0.2, 0.25) is 0 Å². The van der Waals surface area contributed by atoms with Crippen LogP contribution in [0.1, 0.15) is 25.6 Å². The minimum absolute atomic E-state index is 0. The minimum atomic E-state index is 0. The summed E-state index contributed by atoms with van der Waals surface area (Å²) in [6.45, 7) is 6.70. The molecule has 0 aromatic carbocycles. The first kappa shape index (κ1) is 19.2. The molecular weight excluding hydrogens is 299 g/mol. The second-order valence-electron chi connectivity index (χ2n) is 5.13. The van der Waals surface area contributed by atoms with Gasteiger partial charge >= 0.3 is 0 Å². The lowest BCUT2D eigenvalue weighted by Gasteiger charge is -2.16. The van der Waals surface area contributed by atoms with Crippen LogP contribution in [0.3, 0.4) is 0 Å². The molecule has 20 heavy (non-hydrogen) atoms. The maximum absolute atomic E-state index is 11.8. The molecule has 0 saturated carbocycles. The molecule has 2 heterocycles. The van der Waals surface area contributed by atoms with Crippen LogP contribution in [0.15, 0.2) is 12.4 Å². The number of aromatic nitrogens is 2. The minimum Gasteiger partial charge on any atom is -0.354 e. The maximum atomic E-state index is 11.8. The van der Waals surface area contributed by atoms with Gasteiger partial charge in [0.15, 0.2) is 0 Å². The zero-order valence-corrected chi connectivity index (χ0v) is 13.6. The van der Waals surface area contributed by atoms with Gasteiger partial charge in [0.1, 0.15) is 5.82 Å². The lowest BCUT2D eigenvalue weighted by molar-refractivity contribution is -0.122. The highest BCUT2D eigenvalue weighted by Gasteiger charge is 2.21. The zero-order chi connectivity index (χ0) is 13.0. The van der Waals surface area contributed by atoms with Crippen molar-refractivity contribution < 1.29 is 4.79 Å². The highest BCUT2D eigenvalue weighted by Crippen LogP contribution is 2.06. The monoisotopic (exact) mass is 322 g/mol. The number of nitrogens with zero attached hydrogens (tertiary/aromatic N) is 2. The van der Waals surface area contributed by atoms with Gasteiger partial charge in [-0.2, -0.15) is 0 Å². The number of carbonyl (C=O) groups excluding carboxylic acids is 1. The van der Waals surface area contributed by atoms with E-state index in [0.717, 1.165) is 31.8 Å². The fourth-order valence-electron chi connectivity index (χ4n) is 2.30. The van der Waals surface area contributed by atoms with Crippen LogP contribution in [-0.2, 0) is 11.3 Å². The lowest BCUT2D eigenvalue weighted by Crippen LogP contribution is -2.42. The van der Waals surface area contributed by atoms with E-state index in [1.165, 1.54) is 0 Å². The molecule has 1 aliphatic rings. The van der Waals surface area contributed by atoms with Crippen molar-refractivity contribution in [1.82, 2.24) is 20.2 Å². The molecule has 1 unspecified atom stereocenters. The Labute approximate surface area is 132 Å². The van der Waals surface area contributed by atoms with Crippen LogP contribution >= 0.6 is 24.8 Å². The molecule has 0 spiro atoms. The van der Waals surface area contributed by atoms with Gasteiger partial charge in [0.2, 0.25) is 5.91 Å². The van der Waals surface area contributed by atoms with Gasteiger partial charge in [-0.15, -0.1) is 24.8 Å². The predicted octanol–water partition coefficient (Wildman–Crippen LogP) is 1.54. The molecule has 0 bridgehead atoms. The highest BCUT2D eigenvalue weighted by atomic mass is 35.5. The summed E-state index contributed by atoms with van der Waals surface area (Å²) in [5.74, 6) is 1.57. The van der Waals surface area contributed by atoms with Crippen LogP contribution < -0.4 is 10.6 Å². The number of hydrogen-bond donors (Lipinski definition) is 2. The van der Waals surface area contributed by atoms with Crippen LogP contribution in [0.5, 0.6) is 0 Å². The summed E-state index contributed by atoms with van der Waals surface area (Å²) >= 11 is 0. The molecule has 1 aromatic heterocycles. The number of carbonyl (C=O) groups is 1. The SMILES string of the molecule is Cc1nccn1CC(C)CNC(=O)[C@@H]1CCCN1.Cl.Cl. The van der Waals surface area contributed by atoms with Crippen molar-refractivity contribution in [2.45, 2.75) is 39.3 Å². The van der Waals surface area contributed by atoms with Crippen LogP contribution in [0.4, 0.5) is 0 Å². The van der Waals surface area contributed by atoms with E-state index >= 15 is 0 Å². The normalized spacial score (nSPS) is 18.8. The summed E-state index contributed by atoms with van der Waals surface area (Å²) in [5, 5.41) is 6.23. The van der Waals surface area contributed by atoms with Gasteiger partial charge in [-0.1, -0.05) is 6.92 Å². The standard InChI is InChI=1S/C13H22N4O.2ClH/c1-10(9-17-7-6-14-11(17)2)8-16-13(18)12-4-3-5-15-12;;/h6-7,10,12,15H,3-5,8-9H2,1-2H3,(H,16,18);2*1H/t10?,12-;;/m0../s1. The van der Waals surface area contributed by atoms with E-state index in [4.69, 9.17) is 0 Å². The second kappa shape index (κ2) is 9.21. The van der Waals surface area contributed by atoms with Gasteiger partial charge < -0.3 is 15.2 Å². The third kappa shape index (κ3) is 5.31. The molecule has 2 atom stereocenters. The fourth-order valence-corrected chi connectivity index (χ4v) is 2.30. The number of amides is 1. The summed E-state index contributed by atoms with van der Waals surface area (Å²) in [6, 6.07) is 0.0205. The largest absolute Gasteiger partial charge is 0.354 e. The van der Waals surface area contributed by atoms with E-state index in [2.05, 4.69) is 27.1 Å². The Morgan fingerprint density at radius 3 is 2.90 bits per heavy atom. The third-order valence-corrected chi connectivity index (χ3v) is 3.43. The van der Waals surface area contributed by atoms with Crippen molar-refractivity contribution in [1.29, 1.82) is 0 Å². The van der Waals surface area contributed by atoms with Gasteiger partial charge in [-0.25, -0.2) is 4.98 Å². The zero-order valence-electron chi connectivity index (χ0n) is 12.0. The first-order valence-electron chi connectivity index (χ1n) is 6.65. The maximum Gasteiger partial charge on any atom is 0.237 e. The Bertz CT molecular complexity index is 405. The van der Waals surface area contributed by atoms with Crippen molar-refractivity contribution in [3.05, 3.63) is 18.2 Å². The number of rotatable bonds is 5. The molecule has 0 radical (unpaired) electrons. The van der Waals surface area contributed by atoms with Gasteiger partial charge in [-0.3, -0.25) is 4.79 Å². The molecule has 5 nitrogen and oxygen atoms in total. The summed E-state index contributed by atoms with van der Waals surface area (Å²) in [7, 11) is 0. The second-order valence-corrected chi connectivity index (χ2v) is 5.13. The van der Waals surface area contributed by atoms with Crippen molar-refractivity contribution in [2.24, 2.45) is 5.92 Å². The first-order chi connectivity index (χ1) is 8.66. The van der Waals surface area contributed by atoms with Gasteiger partial charge in [0.25, 0.3) is 0 Å². The molecule has 0 aliphatic carbocycles. The average molecular weight is 323 g/mol. The Kier molecular flexibility index (Phi) is 8.85. The number of hydrogen-bond acceptors (Lipinski definition) is 3. The summed E-state index contributed by atoms with van der Waals surface area (Å²) in [6.07, 6.45) is 5.85. The van der Waals surface area contributed by atoms with Crippen molar-refractivity contribution in [2.75, 3.05) is 13.1 Å². The summed E-state index contributed by atoms with van der Waals surface area (Å²) < 4.78 is 2.12. The molecule has 1 amide bonds. The predicted molar refractivity (Wildman–Crippen MR) is 84.7 cm³/mol. The van der Waals surface area contributed by atoms with E-state index in [1.807, 2.05) is 19.3 Å². The van der Waals surface area contributed by atoms with E-state index < -0.39 is 0 Å². The fraction of sp³-hybridized carbons (Fsp3) is 0.692. The molecule has 2 rings (SSSR count). The molecule has 7 heteroatoms. The van der Waals surface area contributed by atoms with E-state index in [9.17, 15) is 4.79 Å². The van der Waals surface area contributed by atoms with E-state index in [1.54, 1.807) is 0 Å². The lowest BCUT2D eigenvalue weighted by atomic mass is 10.1. The molecular formula is C13H24Cl2N4O. The quantitative estimate of drug-likeness (QED) is 0.864. The molecule has 1 saturated heterocycles. The van der Waals surface area contributed by atoms with Crippen LogP contribution in [0, 0.1) is 12.8 Å². The van der Waals surface area contributed by atoms with Gasteiger partial charge in [0, 0.05) is 25.5 Å². The number of nitrogens with one attached hydrogen (secondary N) is 2. The Morgan fingerprint density at radius 1 is 1.60 bits per heavy atom. The molecule has 116 valence electrons. The third-order valence-electron chi connectivity index (χ3n) is 3.43. The van der Waals surface area contributed by atoms with Crippen LogP contribution in [-0.4, -0.2) is 34.6 Å². The number of aryl methyl sites for hydroxylation is 1. The van der Waals surface area contributed by atoms with E-state index in [0.29, 0.717) is 12.5 Å². The topological polar surface area (TPSA) is 59.0 Å². The molecule has 1 aliphatic heterocycles. The Balaban J connectivity index is 0.00000180. The molecule has 1 fully saturated rings. The van der Waals surface area contributed by atoms with Crippen molar-refractivity contribution in [3.63, 3.8) is 0 Å². The number of halogens is 2. The Morgan fingerprint density at radius 2 is 2.35 bits per heavy atom. The molecule has 2 N–H and O–H groups in total. The smallest absolute Gasteiger partial charge is 0.237 e. The summed E-state index contributed by atoms with van der Waals surface area (Å²) in [5.41, 5.74) is 0.